The number of pyridine rings is 1. The summed E-state index contributed by atoms with van der Waals surface area (Å²) in [7, 11) is -3.32. The molecule has 0 bridgehead atoms. The van der Waals surface area contributed by atoms with Gasteiger partial charge in [-0.2, -0.15) is 4.31 Å². The molecule has 0 aliphatic carbocycles. The van der Waals surface area contributed by atoms with Crippen molar-refractivity contribution in [1.29, 1.82) is 0 Å². The van der Waals surface area contributed by atoms with Crippen LogP contribution in [0, 0.1) is 5.82 Å². The van der Waals surface area contributed by atoms with Crippen molar-refractivity contribution in [3.63, 3.8) is 0 Å². The van der Waals surface area contributed by atoms with Crippen molar-refractivity contribution >= 4 is 59.7 Å². The molecule has 0 radical (unpaired) electrons. The lowest BCUT2D eigenvalue weighted by Gasteiger charge is -2.17. The number of sulfonamides is 1. The fourth-order valence-corrected chi connectivity index (χ4v) is 6.52. The van der Waals surface area contributed by atoms with Crippen molar-refractivity contribution in [2.24, 2.45) is 0 Å². The van der Waals surface area contributed by atoms with Crippen LogP contribution in [0.1, 0.15) is 24.4 Å². The summed E-state index contributed by atoms with van der Waals surface area (Å²) < 4.78 is 46.1. The van der Waals surface area contributed by atoms with Gasteiger partial charge in [-0.05, 0) is 64.8 Å². The Morgan fingerprint density at radius 3 is 2.68 bits per heavy atom. The van der Waals surface area contributed by atoms with Gasteiger partial charge in [-0.25, -0.2) is 27.8 Å². The fourth-order valence-electron chi connectivity index (χ4n) is 4.06. The van der Waals surface area contributed by atoms with Crippen LogP contribution in [0.4, 0.5) is 15.9 Å². The van der Waals surface area contributed by atoms with Crippen LogP contribution in [0.25, 0.3) is 22.3 Å². The van der Waals surface area contributed by atoms with Crippen molar-refractivity contribution in [1.82, 2.24) is 24.2 Å². The van der Waals surface area contributed by atoms with Crippen LogP contribution >= 0.6 is 27.3 Å². The highest BCUT2D eigenvalue weighted by Gasteiger charge is 2.20. The zero-order chi connectivity index (χ0) is 29.0. The van der Waals surface area contributed by atoms with Crippen molar-refractivity contribution in [3.05, 3.63) is 87.3 Å². The predicted octanol–water partition coefficient (Wildman–Crippen LogP) is 6.54. The summed E-state index contributed by atoms with van der Waals surface area (Å²) in [5, 5.41) is 6.64. The van der Waals surface area contributed by atoms with E-state index in [1.165, 1.54) is 34.1 Å². The third-order valence-corrected chi connectivity index (χ3v) is 9.59. The second kappa shape index (κ2) is 12.6. The minimum Gasteiger partial charge on any atom is -0.488 e. The minimum absolute atomic E-state index is 0.0440. The third-order valence-electron chi connectivity index (χ3n) is 6.24. The molecule has 212 valence electrons. The summed E-state index contributed by atoms with van der Waals surface area (Å²) in [6.07, 6.45) is 3.13. The maximum absolute atomic E-state index is 13.5. The lowest BCUT2D eigenvalue weighted by atomic mass is 10.2. The number of benzene rings is 2. The molecule has 5 rings (SSSR count). The zero-order valence-electron chi connectivity index (χ0n) is 22.2. The van der Waals surface area contributed by atoms with Crippen molar-refractivity contribution in [2.75, 3.05) is 17.6 Å². The number of rotatable bonds is 11. The van der Waals surface area contributed by atoms with E-state index in [4.69, 9.17) is 4.74 Å². The zero-order valence-corrected chi connectivity index (χ0v) is 25.4. The van der Waals surface area contributed by atoms with Gasteiger partial charge in [0.25, 0.3) is 0 Å². The van der Waals surface area contributed by atoms with Crippen LogP contribution in [-0.2, 0) is 23.2 Å². The molecular formula is C28H26BrFN6O3S2. The largest absolute Gasteiger partial charge is 0.488 e. The quantitative estimate of drug-likeness (QED) is 0.171. The Balaban J connectivity index is 1.35. The number of hydrogen-bond donors (Lipinski definition) is 1. The molecule has 13 heteroatoms. The summed E-state index contributed by atoms with van der Waals surface area (Å²) in [4.78, 5) is 18.0. The minimum atomic E-state index is -3.32. The number of halogens is 2. The summed E-state index contributed by atoms with van der Waals surface area (Å²) in [5.74, 6) is 0.940. The number of fused-ring (bicyclic) bond motifs is 1. The number of aromatic nitrogens is 4. The number of thiazole rings is 1. The second-order valence-electron chi connectivity index (χ2n) is 8.95. The van der Waals surface area contributed by atoms with Gasteiger partial charge in [0.15, 0.2) is 0 Å². The van der Waals surface area contributed by atoms with E-state index in [9.17, 15) is 12.8 Å². The number of nitrogens with zero attached hydrogens (tertiary/aromatic N) is 5. The van der Waals surface area contributed by atoms with E-state index in [0.29, 0.717) is 40.0 Å². The molecule has 0 spiro atoms. The first-order chi connectivity index (χ1) is 19.8. The van der Waals surface area contributed by atoms with E-state index >= 15 is 0 Å². The SMILES string of the molecule is CCN(Cc1nc(-c2cc3c(Nc4ccc(OCc5cccc(F)c5)c(Br)c4)ncnc3cn2)cs1)S(=O)(=O)CC. The Bertz CT molecular complexity index is 1800. The van der Waals surface area contributed by atoms with Crippen molar-refractivity contribution < 1.29 is 17.5 Å². The molecule has 0 aliphatic heterocycles. The van der Waals surface area contributed by atoms with Crippen LogP contribution in [0.2, 0.25) is 0 Å². The van der Waals surface area contributed by atoms with Gasteiger partial charge in [0.05, 0.1) is 39.9 Å². The van der Waals surface area contributed by atoms with Gasteiger partial charge < -0.3 is 10.1 Å². The summed E-state index contributed by atoms with van der Waals surface area (Å²) in [5.41, 5.74) is 3.43. The first-order valence-electron chi connectivity index (χ1n) is 12.7. The fraction of sp³-hybridized carbons (Fsp3) is 0.214. The smallest absolute Gasteiger partial charge is 0.214 e. The average Bonchev–Trinajstić information content (AvgIpc) is 3.44. The Morgan fingerprint density at radius 1 is 1.07 bits per heavy atom. The predicted molar refractivity (Wildman–Crippen MR) is 162 cm³/mol. The highest BCUT2D eigenvalue weighted by Crippen LogP contribution is 2.32. The molecule has 0 amide bonds. The van der Waals surface area contributed by atoms with E-state index in [1.54, 1.807) is 25.3 Å². The van der Waals surface area contributed by atoms with Crippen LogP contribution in [-0.4, -0.2) is 45.0 Å². The Morgan fingerprint density at radius 2 is 1.93 bits per heavy atom. The van der Waals surface area contributed by atoms with Crippen LogP contribution in [0.15, 0.2) is 70.9 Å². The first kappa shape index (κ1) is 29.0. The molecule has 0 atom stereocenters. The molecule has 3 aromatic heterocycles. The lowest BCUT2D eigenvalue weighted by molar-refractivity contribution is 0.303. The van der Waals surface area contributed by atoms with Crippen LogP contribution in [0.3, 0.4) is 0 Å². The molecule has 0 unspecified atom stereocenters. The molecule has 2 aromatic carbocycles. The van der Waals surface area contributed by atoms with E-state index < -0.39 is 10.0 Å². The standard InChI is InChI=1S/C28H26BrFN6O3S2/c1-3-36(41(37,38)4-2)14-27-35-25(16-40-27)23-12-21-24(13-31-23)32-17-33-28(21)34-20-8-9-26(22(29)11-20)39-15-18-6-5-7-19(30)10-18/h5-13,16-17H,3-4,14-15H2,1-2H3,(H,32,33,34). The Hall–Kier alpha value is -3.52. The molecule has 3 heterocycles. The van der Waals surface area contributed by atoms with Crippen LogP contribution in [0.5, 0.6) is 5.75 Å². The maximum atomic E-state index is 13.5. The van der Waals surface area contributed by atoms with Crippen LogP contribution < -0.4 is 10.1 Å². The van der Waals surface area contributed by atoms with Gasteiger partial charge in [-0.1, -0.05) is 19.1 Å². The molecular weight excluding hydrogens is 631 g/mol. The summed E-state index contributed by atoms with van der Waals surface area (Å²) >= 11 is 4.94. The highest BCUT2D eigenvalue weighted by atomic mass is 79.9. The molecule has 1 N–H and O–H groups in total. The molecule has 0 fully saturated rings. The third kappa shape index (κ3) is 6.87. The lowest BCUT2D eigenvalue weighted by Crippen LogP contribution is -2.31. The number of hydrogen-bond acceptors (Lipinski definition) is 9. The molecule has 9 nitrogen and oxygen atoms in total. The molecule has 41 heavy (non-hydrogen) atoms. The van der Waals surface area contributed by atoms with E-state index in [2.05, 4.69) is 41.2 Å². The molecule has 5 aromatic rings. The van der Waals surface area contributed by atoms with Gasteiger partial charge >= 0.3 is 0 Å². The first-order valence-corrected chi connectivity index (χ1v) is 16.0. The monoisotopic (exact) mass is 656 g/mol. The topological polar surface area (TPSA) is 110 Å². The Kier molecular flexibility index (Phi) is 8.88. The molecule has 0 aliphatic rings. The Labute approximate surface area is 249 Å². The van der Waals surface area contributed by atoms with Crippen molar-refractivity contribution in [3.8, 4) is 17.1 Å². The molecule has 0 saturated heterocycles. The molecule has 0 saturated carbocycles. The number of anilines is 2. The number of ether oxygens (including phenoxy) is 1. The second-order valence-corrected chi connectivity index (χ2v) is 13.0. The van der Waals surface area contributed by atoms with E-state index in [-0.39, 0.29) is 24.7 Å². The van der Waals surface area contributed by atoms with Gasteiger partial charge in [0.2, 0.25) is 10.0 Å². The van der Waals surface area contributed by atoms with E-state index in [1.807, 2.05) is 36.6 Å². The van der Waals surface area contributed by atoms with Gasteiger partial charge in [-0.3, -0.25) is 4.98 Å². The van der Waals surface area contributed by atoms with Gasteiger partial charge in [-0.15, -0.1) is 11.3 Å². The summed E-state index contributed by atoms with van der Waals surface area (Å²) in [6.45, 7) is 4.28. The highest BCUT2D eigenvalue weighted by molar-refractivity contribution is 9.10. The average molecular weight is 658 g/mol. The van der Waals surface area contributed by atoms with Gasteiger partial charge in [0.1, 0.15) is 35.3 Å². The number of nitrogens with one attached hydrogen (secondary N) is 1. The summed E-state index contributed by atoms with van der Waals surface area (Å²) in [6, 6.07) is 13.7. The van der Waals surface area contributed by atoms with Crippen molar-refractivity contribution in [2.45, 2.75) is 27.0 Å². The maximum Gasteiger partial charge on any atom is 0.214 e. The van der Waals surface area contributed by atoms with Gasteiger partial charge in [0, 0.05) is 23.0 Å². The normalized spacial score (nSPS) is 11.7. The van der Waals surface area contributed by atoms with E-state index in [0.717, 1.165) is 21.1 Å².